The van der Waals surface area contributed by atoms with Gasteiger partial charge in [-0.3, -0.25) is 9.59 Å². The zero-order chi connectivity index (χ0) is 17.5. The van der Waals surface area contributed by atoms with Crippen molar-refractivity contribution in [1.29, 1.82) is 0 Å². The molecule has 0 aromatic heterocycles. The van der Waals surface area contributed by atoms with Crippen molar-refractivity contribution in [1.82, 2.24) is 5.43 Å². The number of hydrogen-bond donors (Lipinski definition) is 1. The summed E-state index contributed by atoms with van der Waals surface area (Å²) in [6, 6.07) is 12.0. The van der Waals surface area contributed by atoms with Crippen molar-refractivity contribution in [3.8, 4) is 11.5 Å². The van der Waals surface area contributed by atoms with E-state index in [1.54, 1.807) is 36.4 Å². The summed E-state index contributed by atoms with van der Waals surface area (Å²) in [6.45, 7) is 1.31. The number of benzene rings is 2. The highest BCUT2D eigenvalue weighted by Crippen LogP contribution is 2.27. The van der Waals surface area contributed by atoms with Crippen molar-refractivity contribution in [2.24, 2.45) is 5.10 Å². The van der Waals surface area contributed by atoms with Gasteiger partial charge in [0.1, 0.15) is 0 Å². The van der Waals surface area contributed by atoms with Crippen LogP contribution in [0.15, 0.2) is 52.0 Å². The molecule has 124 valence electrons. The van der Waals surface area contributed by atoms with Crippen LogP contribution in [0.4, 0.5) is 0 Å². The lowest BCUT2D eigenvalue weighted by molar-refractivity contribution is -0.132. The quantitative estimate of drug-likeness (QED) is 0.368. The number of hydrogen-bond acceptors (Lipinski definition) is 5. The number of hydrazone groups is 1. The van der Waals surface area contributed by atoms with Gasteiger partial charge in [0.15, 0.2) is 11.5 Å². The molecule has 1 amide bonds. The fraction of sp³-hybridized carbons (Fsp3) is 0.118. The highest BCUT2D eigenvalue weighted by Gasteiger charge is 2.09. The lowest BCUT2D eigenvalue weighted by atomic mass is 10.2. The molecule has 0 saturated heterocycles. The molecule has 0 spiro atoms. The Morgan fingerprint density at radius 2 is 1.92 bits per heavy atom. The fourth-order valence-electron chi connectivity index (χ4n) is 1.87. The number of methoxy groups -OCH3 is 1. The number of nitrogens with zero attached hydrogens (tertiary/aromatic N) is 1. The van der Waals surface area contributed by atoms with Crippen LogP contribution in [0, 0.1) is 0 Å². The zero-order valence-electron chi connectivity index (χ0n) is 13.1. The van der Waals surface area contributed by atoms with Crippen molar-refractivity contribution < 1.29 is 19.1 Å². The molecule has 0 aliphatic rings. The average Bonchev–Trinajstić information content (AvgIpc) is 2.56. The van der Waals surface area contributed by atoms with Gasteiger partial charge in [0.2, 0.25) is 0 Å². The van der Waals surface area contributed by atoms with Gasteiger partial charge in [-0.2, -0.15) is 5.10 Å². The van der Waals surface area contributed by atoms with Crippen LogP contribution in [0.3, 0.4) is 0 Å². The van der Waals surface area contributed by atoms with Gasteiger partial charge in [-0.25, -0.2) is 5.43 Å². The Morgan fingerprint density at radius 1 is 1.17 bits per heavy atom. The molecule has 0 fully saturated rings. The van der Waals surface area contributed by atoms with Gasteiger partial charge < -0.3 is 9.47 Å². The highest BCUT2D eigenvalue weighted by molar-refractivity contribution is 9.10. The van der Waals surface area contributed by atoms with Gasteiger partial charge in [-0.05, 0) is 51.8 Å². The van der Waals surface area contributed by atoms with Crippen molar-refractivity contribution in [2.75, 3.05) is 7.11 Å². The first kappa shape index (κ1) is 17.7. The lowest BCUT2D eigenvalue weighted by Crippen LogP contribution is -2.18. The summed E-state index contributed by atoms with van der Waals surface area (Å²) in [7, 11) is 1.47. The van der Waals surface area contributed by atoms with E-state index in [0.29, 0.717) is 27.1 Å². The predicted octanol–water partition coefficient (Wildman–Crippen LogP) is 3.15. The summed E-state index contributed by atoms with van der Waals surface area (Å²) in [5.74, 6) is -0.0525. The van der Waals surface area contributed by atoms with Crippen LogP contribution in [0.1, 0.15) is 22.8 Å². The maximum atomic E-state index is 12.0. The summed E-state index contributed by atoms with van der Waals surface area (Å²) in [6.07, 6.45) is 1.47. The second-order valence-electron chi connectivity index (χ2n) is 4.68. The molecule has 2 aromatic rings. The minimum atomic E-state index is -0.435. The maximum Gasteiger partial charge on any atom is 0.308 e. The van der Waals surface area contributed by atoms with E-state index in [9.17, 15) is 9.59 Å². The highest BCUT2D eigenvalue weighted by atomic mass is 79.9. The van der Waals surface area contributed by atoms with Gasteiger partial charge >= 0.3 is 5.97 Å². The Balaban J connectivity index is 2.08. The van der Waals surface area contributed by atoms with Crippen molar-refractivity contribution in [3.63, 3.8) is 0 Å². The van der Waals surface area contributed by atoms with Gasteiger partial charge in [-0.15, -0.1) is 0 Å². The first-order valence-corrected chi connectivity index (χ1v) is 7.75. The standard InChI is InChI=1S/C17H15BrN2O4/c1-11(21)24-15-8-7-12(9-16(15)23-2)10-19-20-17(22)13-5-3-4-6-14(13)18/h3-10H,1-2H3,(H,20,22)/b19-10-. The molecule has 0 aliphatic carbocycles. The summed E-state index contributed by atoms with van der Waals surface area (Å²) in [4.78, 5) is 23.0. The third-order valence-electron chi connectivity index (χ3n) is 2.94. The molecule has 0 heterocycles. The van der Waals surface area contributed by atoms with Crippen molar-refractivity contribution in [2.45, 2.75) is 6.92 Å². The van der Waals surface area contributed by atoms with Crippen LogP contribution in [0.2, 0.25) is 0 Å². The van der Waals surface area contributed by atoms with E-state index in [1.165, 1.54) is 20.2 Å². The van der Waals surface area contributed by atoms with Gasteiger partial charge in [0.25, 0.3) is 5.91 Å². The first-order valence-electron chi connectivity index (χ1n) is 6.95. The largest absolute Gasteiger partial charge is 0.493 e. The monoisotopic (exact) mass is 390 g/mol. The molecule has 0 aliphatic heterocycles. The molecule has 7 heteroatoms. The lowest BCUT2D eigenvalue weighted by Gasteiger charge is -2.08. The molecule has 0 atom stereocenters. The molecule has 1 N–H and O–H groups in total. The summed E-state index contributed by atoms with van der Waals surface area (Å²) in [5, 5.41) is 3.92. The average molecular weight is 391 g/mol. The third-order valence-corrected chi connectivity index (χ3v) is 3.63. The molecule has 24 heavy (non-hydrogen) atoms. The summed E-state index contributed by atoms with van der Waals surface area (Å²) >= 11 is 3.31. The molecule has 2 aromatic carbocycles. The number of nitrogens with one attached hydrogen (secondary N) is 1. The second kappa shape index (κ2) is 8.26. The summed E-state index contributed by atoms with van der Waals surface area (Å²) in [5.41, 5.74) is 3.61. The predicted molar refractivity (Wildman–Crippen MR) is 93.5 cm³/mol. The van der Waals surface area contributed by atoms with Gasteiger partial charge in [0, 0.05) is 11.4 Å². The fourth-order valence-corrected chi connectivity index (χ4v) is 2.34. The smallest absolute Gasteiger partial charge is 0.308 e. The first-order chi connectivity index (χ1) is 11.5. The number of amides is 1. The van der Waals surface area contributed by atoms with Crippen LogP contribution >= 0.6 is 15.9 Å². The number of carbonyl (C=O) groups excluding carboxylic acids is 2. The minimum Gasteiger partial charge on any atom is -0.493 e. The molecule has 0 unspecified atom stereocenters. The van der Waals surface area contributed by atoms with Crippen LogP contribution in [0.5, 0.6) is 11.5 Å². The molecule has 0 radical (unpaired) electrons. The Hall–Kier alpha value is -2.67. The third kappa shape index (κ3) is 4.66. The number of halogens is 1. The number of rotatable bonds is 5. The minimum absolute atomic E-state index is 0.319. The maximum absolute atomic E-state index is 12.0. The molecule has 6 nitrogen and oxygen atoms in total. The van der Waals surface area contributed by atoms with E-state index in [1.807, 2.05) is 6.07 Å². The van der Waals surface area contributed by atoms with Crippen molar-refractivity contribution >= 4 is 34.0 Å². The number of esters is 1. The van der Waals surface area contributed by atoms with E-state index in [2.05, 4.69) is 26.5 Å². The second-order valence-corrected chi connectivity index (χ2v) is 5.54. The number of carbonyl (C=O) groups is 2. The Labute approximate surface area is 147 Å². The van der Waals surface area contributed by atoms with Crippen LogP contribution in [0.25, 0.3) is 0 Å². The van der Waals surface area contributed by atoms with Crippen LogP contribution < -0.4 is 14.9 Å². The van der Waals surface area contributed by atoms with Crippen LogP contribution in [-0.2, 0) is 4.79 Å². The van der Waals surface area contributed by atoms with E-state index >= 15 is 0 Å². The molecule has 2 rings (SSSR count). The van der Waals surface area contributed by atoms with E-state index in [4.69, 9.17) is 9.47 Å². The topological polar surface area (TPSA) is 77.0 Å². The zero-order valence-corrected chi connectivity index (χ0v) is 14.7. The molecule has 0 saturated carbocycles. The Bertz CT molecular complexity index is 790. The SMILES string of the molecule is COc1cc(/C=N\NC(=O)c2ccccc2Br)ccc1OC(C)=O. The van der Waals surface area contributed by atoms with Crippen molar-refractivity contribution in [3.05, 3.63) is 58.1 Å². The van der Waals surface area contributed by atoms with E-state index in [-0.39, 0.29) is 5.91 Å². The normalized spacial score (nSPS) is 10.5. The van der Waals surface area contributed by atoms with E-state index in [0.717, 1.165) is 0 Å². The Kier molecular flexibility index (Phi) is 6.08. The number of ether oxygens (including phenoxy) is 2. The van der Waals surface area contributed by atoms with E-state index < -0.39 is 5.97 Å². The Morgan fingerprint density at radius 3 is 2.58 bits per heavy atom. The molecular weight excluding hydrogens is 376 g/mol. The van der Waals surface area contributed by atoms with Gasteiger partial charge in [-0.1, -0.05) is 12.1 Å². The summed E-state index contributed by atoms with van der Waals surface area (Å²) < 4.78 is 10.9. The van der Waals surface area contributed by atoms with Gasteiger partial charge in [0.05, 0.1) is 18.9 Å². The molecule has 0 bridgehead atoms. The van der Waals surface area contributed by atoms with Crippen LogP contribution in [-0.4, -0.2) is 25.2 Å². The molecular formula is C17H15BrN2O4.